The molecule has 0 aliphatic carbocycles. The van der Waals surface area contributed by atoms with E-state index in [0.29, 0.717) is 5.82 Å². The molecule has 0 spiro atoms. The molecule has 302 valence electrons. The van der Waals surface area contributed by atoms with E-state index in [4.69, 9.17) is 9.97 Å². The predicted molar refractivity (Wildman–Crippen MR) is 274 cm³/mol. The van der Waals surface area contributed by atoms with Crippen molar-refractivity contribution in [1.82, 2.24) is 14.5 Å². The average molecular weight is 826 g/mol. The van der Waals surface area contributed by atoms with Crippen LogP contribution >= 0.6 is 0 Å². The lowest BCUT2D eigenvalue weighted by molar-refractivity contribution is 1.18. The highest BCUT2D eigenvalue weighted by Gasteiger charge is 2.20. The molecule has 2 heterocycles. The number of benzene rings is 11. The van der Waals surface area contributed by atoms with Crippen LogP contribution < -0.4 is 0 Å². The summed E-state index contributed by atoms with van der Waals surface area (Å²) in [6.07, 6.45) is 0. The van der Waals surface area contributed by atoms with Crippen LogP contribution in [0.4, 0.5) is 0 Å². The quantitative estimate of drug-likeness (QED) is 0.123. The first-order valence-corrected chi connectivity index (χ1v) is 22.2. The second-order valence-corrected chi connectivity index (χ2v) is 16.9. The van der Waals surface area contributed by atoms with E-state index < -0.39 is 0 Å². The molecular weight excluding hydrogens is 787 g/mol. The number of hydrogen-bond acceptors (Lipinski definition) is 2. The van der Waals surface area contributed by atoms with Gasteiger partial charge in [0.25, 0.3) is 0 Å². The molecule has 0 saturated carbocycles. The van der Waals surface area contributed by atoms with Gasteiger partial charge in [-0.2, -0.15) is 0 Å². The summed E-state index contributed by atoms with van der Waals surface area (Å²) in [6, 6.07) is 85.2. The van der Waals surface area contributed by atoms with Gasteiger partial charge in [0.1, 0.15) is 0 Å². The van der Waals surface area contributed by atoms with E-state index in [2.05, 4.69) is 235 Å². The van der Waals surface area contributed by atoms with Gasteiger partial charge in [-0.05, 0) is 108 Å². The van der Waals surface area contributed by atoms with Gasteiger partial charge < -0.3 is 4.57 Å². The molecule has 0 N–H and O–H groups in total. The van der Waals surface area contributed by atoms with E-state index in [9.17, 15) is 0 Å². The highest BCUT2D eigenvalue weighted by Crippen LogP contribution is 2.45. The van der Waals surface area contributed by atoms with E-state index in [-0.39, 0.29) is 0 Å². The van der Waals surface area contributed by atoms with Gasteiger partial charge in [0, 0.05) is 33.2 Å². The van der Waals surface area contributed by atoms with Crippen LogP contribution in [0.2, 0.25) is 0 Å². The highest BCUT2D eigenvalue weighted by molar-refractivity contribution is 6.23. The van der Waals surface area contributed by atoms with Crippen molar-refractivity contribution in [2.24, 2.45) is 0 Å². The molecule has 3 nitrogen and oxygen atoms in total. The van der Waals surface area contributed by atoms with Crippen molar-refractivity contribution in [3.8, 4) is 61.8 Å². The first-order chi connectivity index (χ1) is 32.2. The van der Waals surface area contributed by atoms with E-state index in [1.165, 1.54) is 76.2 Å². The number of rotatable bonds is 6. The van der Waals surface area contributed by atoms with Crippen molar-refractivity contribution in [3.05, 3.63) is 237 Å². The van der Waals surface area contributed by atoms with Crippen molar-refractivity contribution in [2.45, 2.75) is 0 Å². The molecule has 0 bridgehead atoms. The van der Waals surface area contributed by atoms with E-state index in [1.807, 2.05) is 6.07 Å². The summed E-state index contributed by atoms with van der Waals surface area (Å²) in [5, 5.41) is 12.3. The first kappa shape index (κ1) is 36.9. The smallest absolute Gasteiger partial charge is 0.160 e. The van der Waals surface area contributed by atoms with E-state index >= 15 is 0 Å². The SMILES string of the molecule is c1ccc(-c2nc(-c3cccc(-c4cccc5c4c4ccccc4n5-c4ccccc4)c3)cc(-c3ccc(-c4c5ccccc5cc5c4ccc4ccccc45)c4ccccc34)n2)cc1. The number of aromatic nitrogens is 3. The van der Waals surface area contributed by atoms with Gasteiger partial charge in [-0.15, -0.1) is 0 Å². The molecular formula is C62H39N3. The fourth-order valence-corrected chi connectivity index (χ4v) is 10.3. The molecule has 0 aliphatic rings. The molecule has 2 aromatic heterocycles. The number of para-hydroxylation sites is 2. The van der Waals surface area contributed by atoms with Crippen LogP contribution in [-0.4, -0.2) is 14.5 Å². The van der Waals surface area contributed by atoms with Gasteiger partial charge in [-0.1, -0.05) is 194 Å². The van der Waals surface area contributed by atoms with Gasteiger partial charge in [0.05, 0.1) is 22.4 Å². The maximum Gasteiger partial charge on any atom is 0.160 e. The maximum atomic E-state index is 5.36. The predicted octanol–water partition coefficient (Wildman–Crippen LogP) is 16.5. The molecule has 0 atom stereocenters. The minimum Gasteiger partial charge on any atom is -0.309 e. The summed E-state index contributed by atoms with van der Waals surface area (Å²) in [5.41, 5.74) is 13.1. The Bertz CT molecular complexity index is 4000. The van der Waals surface area contributed by atoms with Crippen molar-refractivity contribution >= 4 is 64.9 Å². The third-order valence-corrected chi connectivity index (χ3v) is 13.2. The second-order valence-electron chi connectivity index (χ2n) is 16.9. The van der Waals surface area contributed by atoms with Crippen molar-refractivity contribution < 1.29 is 0 Å². The van der Waals surface area contributed by atoms with E-state index in [1.54, 1.807) is 0 Å². The minimum atomic E-state index is 0.691. The lowest BCUT2D eigenvalue weighted by Gasteiger charge is -2.18. The molecule has 0 aliphatic heterocycles. The summed E-state index contributed by atoms with van der Waals surface area (Å²) in [5.74, 6) is 0.691. The van der Waals surface area contributed by atoms with Gasteiger partial charge in [0.2, 0.25) is 0 Å². The molecule has 0 unspecified atom stereocenters. The zero-order valence-corrected chi connectivity index (χ0v) is 35.4. The molecule has 65 heavy (non-hydrogen) atoms. The largest absolute Gasteiger partial charge is 0.309 e. The Morgan fingerprint density at radius 3 is 1.72 bits per heavy atom. The number of nitrogens with zero attached hydrogens (tertiary/aromatic N) is 3. The average Bonchev–Trinajstić information content (AvgIpc) is 3.73. The van der Waals surface area contributed by atoms with Crippen LogP contribution in [0, 0.1) is 0 Å². The summed E-state index contributed by atoms with van der Waals surface area (Å²) in [6.45, 7) is 0. The fourth-order valence-electron chi connectivity index (χ4n) is 10.3. The second kappa shape index (κ2) is 15.0. The van der Waals surface area contributed by atoms with Crippen LogP contribution in [0.1, 0.15) is 0 Å². The third-order valence-electron chi connectivity index (χ3n) is 13.2. The van der Waals surface area contributed by atoms with Crippen molar-refractivity contribution in [1.29, 1.82) is 0 Å². The van der Waals surface area contributed by atoms with Crippen LogP contribution in [0.25, 0.3) is 127 Å². The van der Waals surface area contributed by atoms with Crippen LogP contribution in [-0.2, 0) is 0 Å². The zero-order valence-electron chi connectivity index (χ0n) is 35.4. The van der Waals surface area contributed by atoms with E-state index in [0.717, 1.165) is 44.7 Å². The van der Waals surface area contributed by atoms with Crippen molar-refractivity contribution in [2.75, 3.05) is 0 Å². The molecule has 13 rings (SSSR count). The Kier molecular flexibility index (Phi) is 8.53. The first-order valence-electron chi connectivity index (χ1n) is 22.2. The number of fused-ring (bicyclic) bond motifs is 8. The Labute approximate surface area is 376 Å². The third kappa shape index (κ3) is 6.05. The van der Waals surface area contributed by atoms with Gasteiger partial charge in [-0.3, -0.25) is 0 Å². The summed E-state index contributed by atoms with van der Waals surface area (Å²) in [7, 11) is 0. The molecule has 0 amide bonds. The molecule has 0 saturated heterocycles. The lowest BCUT2D eigenvalue weighted by Crippen LogP contribution is -1.97. The minimum absolute atomic E-state index is 0.691. The molecule has 11 aromatic carbocycles. The standard InChI is InChI=1S/C62H39N3/c1-3-18-41(19-4-1)62-63-56(44-22-15-21-42(37-44)48-30-16-32-59-61(48)54-29-13-14-31-58(54)65(59)45-23-5-2-6-24-45)39-57(64-62)51-35-36-52(50-28-12-11-27-49(50)51)60-47-26-10-8-20-43(47)38-55-46-25-9-7-17-40(46)33-34-53(55)60/h1-39H. The van der Waals surface area contributed by atoms with Crippen LogP contribution in [0.3, 0.4) is 0 Å². The zero-order chi connectivity index (χ0) is 42.8. The van der Waals surface area contributed by atoms with Gasteiger partial charge in [-0.25, -0.2) is 9.97 Å². The lowest BCUT2D eigenvalue weighted by atomic mass is 9.86. The summed E-state index contributed by atoms with van der Waals surface area (Å²) in [4.78, 5) is 10.7. The Balaban J connectivity index is 1.00. The molecule has 13 aromatic rings. The summed E-state index contributed by atoms with van der Waals surface area (Å²) < 4.78 is 2.38. The monoisotopic (exact) mass is 825 g/mol. The summed E-state index contributed by atoms with van der Waals surface area (Å²) >= 11 is 0. The normalized spacial score (nSPS) is 11.7. The van der Waals surface area contributed by atoms with Crippen LogP contribution in [0.5, 0.6) is 0 Å². The Hall–Kier alpha value is -8.66. The maximum absolute atomic E-state index is 5.36. The van der Waals surface area contributed by atoms with Gasteiger partial charge in [0.15, 0.2) is 5.82 Å². The fraction of sp³-hybridized carbons (Fsp3) is 0. The Morgan fingerprint density at radius 1 is 0.292 bits per heavy atom. The van der Waals surface area contributed by atoms with Crippen molar-refractivity contribution in [3.63, 3.8) is 0 Å². The topological polar surface area (TPSA) is 30.7 Å². The highest BCUT2D eigenvalue weighted by atomic mass is 15.0. The molecule has 0 radical (unpaired) electrons. The van der Waals surface area contributed by atoms with Gasteiger partial charge >= 0.3 is 0 Å². The van der Waals surface area contributed by atoms with Crippen LogP contribution in [0.15, 0.2) is 237 Å². The molecule has 0 fully saturated rings. The molecule has 3 heteroatoms. The number of hydrogen-bond donors (Lipinski definition) is 0. The Morgan fingerprint density at radius 2 is 0.892 bits per heavy atom.